The van der Waals surface area contributed by atoms with Gasteiger partial charge in [0.05, 0.1) is 4.90 Å². The van der Waals surface area contributed by atoms with Crippen molar-refractivity contribution in [3.63, 3.8) is 0 Å². The summed E-state index contributed by atoms with van der Waals surface area (Å²) in [5, 5.41) is 0. The van der Waals surface area contributed by atoms with E-state index in [2.05, 4.69) is 0 Å². The number of likely N-dealkylation sites (tertiary alicyclic amines) is 1. The lowest BCUT2D eigenvalue weighted by Crippen LogP contribution is -2.45. The quantitative estimate of drug-likeness (QED) is 0.665. The number of nitrogens with zero attached hydrogens (tertiary/aromatic N) is 3. The lowest BCUT2D eigenvalue weighted by molar-refractivity contribution is -0.136. The van der Waals surface area contributed by atoms with Crippen LogP contribution in [-0.4, -0.2) is 73.6 Å². The highest BCUT2D eigenvalue weighted by molar-refractivity contribution is 7.89. The van der Waals surface area contributed by atoms with Gasteiger partial charge >= 0.3 is 0 Å². The number of piperidine rings is 1. The van der Waals surface area contributed by atoms with E-state index in [9.17, 15) is 22.4 Å². The summed E-state index contributed by atoms with van der Waals surface area (Å²) in [6, 6.07) is 12.3. The van der Waals surface area contributed by atoms with Crippen LogP contribution in [-0.2, 0) is 14.8 Å². The van der Waals surface area contributed by atoms with E-state index in [0.717, 1.165) is 5.56 Å². The molecular formula is C25H30FN3O4S. The number of hydrogen-bond donors (Lipinski definition) is 0. The van der Waals surface area contributed by atoms with Crippen LogP contribution in [0.15, 0.2) is 53.4 Å². The average Bonchev–Trinajstić information content (AvgIpc) is 3.11. The third kappa shape index (κ3) is 5.31. The zero-order valence-corrected chi connectivity index (χ0v) is 20.1. The molecule has 0 radical (unpaired) electrons. The third-order valence-corrected chi connectivity index (χ3v) is 8.56. The van der Waals surface area contributed by atoms with Gasteiger partial charge in [0.1, 0.15) is 5.82 Å². The van der Waals surface area contributed by atoms with Crippen molar-refractivity contribution in [1.29, 1.82) is 0 Å². The Hall–Kier alpha value is -2.78. The van der Waals surface area contributed by atoms with Crippen LogP contribution >= 0.6 is 0 Å². The lowest BCUT2D eigenvalue weighted by Gasteiger charge is -2.34. The van der Waals surface area contributed by atoms with E-state index < -0.39 is 10.0 Å². The van der Waals surface area contributed by atoms with Crippen molar-refractivity contribution in [2.24, 2.45) is 5.92 Å². The number of halogens is 1. The first-order chi connectivity index (χ1) is 16.3. The Bertz CT molecular complexity index is 1130. The van der Waals surface area contributed by atoms with E-state index in [1.807, 2.05) is 6.92 Å². The fourth-order valence-corrected chi connectivity index (χ4v) is 6.05. The number of sulfonamides is 1. The summed E-state index contributed by atoms with van der Waals surface area (Å²) in [5.41, 5.74) is 1.44. The normalized spacial score (nSPS) is 18.5. The minimum atomic E-state index is -3.59. The maximum absolute atomic E-state index is 13.2. The average molecular weight is 488 g/mol. The maximum atomic E-state index is 13.2. The Morgan fingerprint density at radius 3 is 2.12 bits per heavy atom. The molecule has 2 amide bonds. The van der Waals surface area contributed by atoms with E-state index >= 15 is 0 Å². The highest BCUT2D eigenvalue weighted by Crippen LogP contribution is 2.23. The second-order valence-electron chi connectivity index (χ2n) is 8.97. The Balaban J connectivity index is 1.32. The molecule has 34 heavy (non-hydrogen) atoms. The van der Waals surface area contributed by atoms with E-state index in [1.165, 1.54) is 28.6 Å². The number of carbonyl (C=O) groups excluding carboxylic acids is 2. The minimum Gasteiger partial charge on any atom is -0.341 e. The molecule has 2 aliphatic rings. The maximum Gasteiger partial charge on any atom is 0.253 e. The molecule has 4 rings (SSSR count). The fourth-order valence-electron chi connectivity index (χ4n) is 4.58. The first-order valence-electron chi connectivity index (χ1n) is 11.7. The van der Waals surface area contributed by atoms with Gasteiger partial charge in [0, 0.05) is 50.7 Å². The molecule has 9 heteroatoms. The number of amides is 2. The first-order valence-corrected chi connectivity index (χ1v) is 13.1. The second-order valence-corrected chi connectivity index (χ2v) is 10.9. The van der Waals surface area contributed by atoms with Crippen molar-refractivity contribution in [1.82, 2.24) is 14.1 Å². The SMILES string of the molecule is Cc1ccc(S(=O)(=O)N2CCCN(C(=O)C3CCN(C(=O)c4ccc(F)cc4)CC3)CC2)cc1. The van der Waals surface area contributed by atoms with Crippen LogP contribution in [0.3, 0.4) is 0 Å². The molecule has 0 bridgehead atoms. The van der Waals surface area contributed by atoms with E-state index in [1.54, 1.807) is 34.1 Å². The van der Waals surface area contributed by atoms with Crippen LogP contribution in [0.1, 0.15) is 35.2 Å². The van der Waals surface area contributed by atoms with Crippen LogP contribution in [0.4, 0.5) is 4.39 Å². The first kappa shape index (κ1) is 24.3. The summed E-state index contributed by atoms with van der Waals surface area (Å²) >= 11 is 0. The van der Waals surface area contributed by atoms with Crippen LogP contribution in [0, 0.1) is 18.7 Å². The smallest absolute Gasteiger partial charge is 0.253 e. The number of carbonyl (C=O) groups is 2. The Morgan fingerprint density at radius 1 is 0.824 bits per heavy atom. The molecule has 7 nitrogen and oxygen atoms in total. The molecule has 0 saturated carbocycles. The van der Waals surface area contributed by atoms with Crippen molar-refractivity contribution in [2.45, 2.75) is 31.1 Å². The number of rotatable bonds is 4. The van der Waals surface area contributed by atoms with Gasteiger partial charge in [-0.2, -0.15) is 4.31 Å². The molecule has 2 aromatic carbocycles. The zero-order chi connectivity index (χ0) is 24.3. The van der Waals surface area contributed by atoms with Gasteiger partial charge in [0.25, 0.3) is 5.91 Å². The lowest BCUT2D eigenvalue weighted by atomic mass is 9.94. The molecule has 0 spiro atoms. The molecule has 2 aliphatic heterocycles. The molecule has 2 fully saturated rings. The summed E-state index contributed by atoms with van der Waals surface area (Å²) in [7, 11) is -3.59. The number of benzene rings is 2. The highest BCUT2D eigenvalue weighted by atomic mass is 32.2. The number of hydrogen-bond acceptors (Lipinski definition) is 4. The van der Waals surface area contributed by atoms with Crippen molar-refractivity contribution < 1.29 is 22.4 Å². The van der Waals surface area contributed by atoms with Crippen LogP contribution in [0.5, 0.6) is 0 Å². The highest BCUT2D eigenvalue weighted by Gasteiger charge is 2.33. The van der Waals surface area contributed by atoms with E-state index in [-0.39, 0.29) is 35.0 Å². The largest absolute Gasteiger partial charge is 0.341 e. The monoisotopic (exact) mass is 487 g/mol. The van der Waals surface area contributed by atoms with Gasteiger partial charge in [-0.15, -0.1) is 0 Å². The molecular weight excluding hydrogens is 457 g/mol. The molecule has 2 saturated heterocycles. The predicted octanol–water partition coefficient (Wildman–Crippen LogP) is 2.91. The predicted molar refractivity (Wildman–Crippen MR) is 126 cm³/mol. The molecule has 0 N–H and O–H groups in total. The van der Waals surface area contributed by atoms with E-state index in [4.69, 9.17) is 0 Å². The van der Waals surface area contributed by atoms with Crippen molar-refractivity contribution >= 4 is 21.8 Å². The van der Waals surface area contributed by atoms with Crippen molar-refractivity contribution in [3.8, 4) is 0 Å². The molecule has 182 valence electrons. The van der Waals surface area contributed by atoms with Crippen LogP contribution in [0.25, 0.3) is 0 Å². The summed E-state index contributed by atoms with van der Waals surface area (Å²) in [4.78, 5) is 29.6. The molecule has 2 aromatic rings. The van der Waals surface area contributed by atoms with Gasteiger partial charge in [-0.05, 0) is 62.6 Å². The molecule has 0 aromatic heterocycles. The molecule has 0 unspecified atom stereocenters. The molecule has 0 aliphatic carbocycles. The Labute approximate surface area is 200 Å². The van der Waals surface area contributed by atoms with Gasteiger partial charge in [0.15, 0.2) is 0 Å². The summed E-state index contributed by atoms with van der Waals surface area (Å²) in [5.74, 6) is -0.692. The van der Waals surface area contributed by atoms with Crippen LogP contribution < -0.4 is 0 Å². The molecule has 0 atom stereocenters. The second kappa shape index (κ2) is 10.2. The number of aryl methyl sites for hydroxylation is 1. The standard InChI is InChI=1S/C25H30FN3O4S/c1-19-3-9-23(10-4-19)34(32,33)29-14-2-13-27(17-18-29)25(31)21-11-15-28(16-12-21)24(30)20-5-7-22(26)8-6-20/h3-10,21H,2,11-18H2,1H3. The van der Waals surface area contributed by atoms with Gasteiger partial charge < -0.3 is 9.80 Å². The van der Waals surface area contributed by atoms with Crippen LogP contribution in [0.2, 0.25) is 0 Å². The van der Waals surface area contributed by atoms with Gasteiger partial charge in [-0.1, -0.05) is 17.7 Å². The zero-order valence-electron chi connectivity index (χ0n) is 19.3. The van der Waals surface area contributed by atoms with Crippen molar-refractivity contribution in [2.75, 3.05) is 39.3 Å². The Kier molecular flexibility index (Phi) is 7.33. The topological polar surface area (TPSA) is 78.0 Å². The van der Waals surface area contributed by atoms with Gasteiger partial charge in [0.2, 0.25) is 15.9 Å². The summed E-state index contributed by atoms with van der Waals surface area (Å²) in [6.45, 7) is 4.37. The minimum absolute atomic E-state index is 0.0310. The summed E-state index contributed by atoms with van der Waals surface area (Å²) in [6.07, 6.45) is 1.71. The fraction of sp³-hybridized carbons (Fsp3) is 0.440. The summed E-state index contributed by atoms with van der Waals surface area (Å²) < 4.78 is 40.7. The third-order valence-electron chi connectivity index (χ3n) is 6.65. The molecule has 2 heterocycles. The van der Waals surface area contributed by atoms with Gasteiger partial charge in [-0.25, -0.2) is 12.8 Å². The van der Waals surface area contributed by atoms with E-state index in [0.29, 0.717) is 57.5 Å². The Morgan fingerprint density at radius 2 is 1.47 bits per heavy atom. The van der Waals surface area contributed by atoms with Gasteiger partial charge in [-0.3, -0.25) is 9.59 Å². The van der Waals surface area contributed by atoms with Crippen molar-refractivity contribution in [3.05, 3.63) is 65.5 Å².